The summed E-state index contributed by atoms with van der Waals surface area (Å²) < 4.78 is 4.91. The summed E-state index contributed by atoms with van der Waals surface area (Å²) in [5.74, 6) is 0. The smallest absolute Gasteiger partial charge is 0.293 e. The molecule has 54 valence electrons. The molecule has 0 aromatic heterocycles. The van der Waals surface area contributed by atoms with Crippen molar-refractivity contribution in [2.24, 2.45) is 10.8 Å². The molecule has 2 heteroatoms. The van der Waals surface area contributed by atoms with Gasteiger partial charge in [0, 0.05) is 0 Å². The summed E-state index contributed by atoms with van der Waals surface area (Å²) in [5, 5.41) is 0. The molecule has 0 N–H and O–H groups in total. The maximum absolute atomic E-state index is 9.98. The first-order valence-electron chi connectivity index (χ1n) is 3.89. The van der Waals surface area contributed by atoms with Crippen LogP contribution in [-0.2, 0) is 9.53 Å². The Morgan fingerprint density at radius 1 is 1.30 bits per heavy atom. The van der Waals surface area contributed by atoms with Crippen LogP contribution in [0.2, 0.25) is 0 Å². The summed E-state index contributed by atoms with van der Waals surface area (Å²) >= 11 is 0. The van der Waals surface area contributed by atoms with Crippen molar-refractivity contribution >= 4 is 6.47 Å². The standard InChI is InChI=1S/C8H10O2/c9-5-10-6-1-7-3-8(7,2-6)4-7/h5-6H,1-4H2. The molecule has 0 bridgehead atoms. The van der Waals surface area contributed by atoms with E-state index in [-0.39, 0.29) is 6.10 Å². The molecule has 0 aromatic carbocycles. The first-order valence-corrected chi connectivity index (χ1v) is 3.89. The summed E-state index contributed by atoms with van der Waals surface area (Å²) in [6, 6.07) is 0. The van der Waals surface area contributed by atoms with E-state index in [1.807, 2.05) is 0 Å². The second-order valence-electron chi connectivity index (χ2n) is 4.18. The lowest BCUT2D eigenvalue weighted by atomic mass is 9.98. The van der Waals surface area contributed by atoms with Crippen LogP contribution in [0.4, 0.5) is 0 Å². The highest BCUT2D eigenvalue weighted by molar-refractivity contribution is 5.41. The maximum atomic E-state index is 9.98. The monoisotopic (exact) mass is 138 g/mol. The maximum Gasteiger partial charge on any atom is 0.293 e. The van der Waals surface area contributed by atoms with Crippen molar-refractivity contribution in [2.45, 2.75) is 31.8 Å². The Bertz CT molecular complexity index is 187. The van der Waals surface area contributed by atoms with Gasteiger partial charge in [0.05, 0.1) is 0 Å². The highest BCUT2D eigenvalue weighted by atomic mass is 16.5. The Kier molecular flexibility index (Phi) is 0.582. The number of carbonyl (C=O) groups excluding carboxylic acids is 1. The Morgan fingerprint density at radius 3 is 2.40 bits per heavy atom. The van der Waals surface area contributed by atoms with E-state index in [9.17, 15) is 4.79 Å². The number of ether oxygens (including phenoxy) is 1. The number of carbonyl (C=O) groups is 1. The van der Waals surface area contributed by atoms with E-state index < -0.39 is 0 Å². The molecule has 0 amide bonds. The van der Waals surface area contributed by atoms with Crippen LogP contribution in [0.3, 0.4) is 0 Å². The van der Waals surface area contributed by atoms with Gasteiger partial charge in [0.2, 0.25) is 0 Å². The van der Waals surface area contributed by atoms with Crippen LogP contribution in [0, 0.1) is 10.8 Å². The molecule has 0 atom stereocenters. The molecule has 0 unspecified atom stereocenters. The predicted octanol–water partition coefficient (Wildman–Crippen LogP) is 1.10. The Labute approximate surface area is 59.6 Å². The summed E-state index contributed by atoms with van der Waals surface area (Å²) in [4.78, 5) is 9.98. The summed E-state index contributed by atoms with van der Waals surface area (Å²) in [6.45, 7) is 0.599. The summed E-state index contributed by atoms with van der Waals surface area (Å²) in [5.41, 5.74) is 1.39. The topological polar surface area (TPSA) is 26.3 Å². The minimum atomic E-state index is 0.278. The normalized spacial score (nSPS) is 60.6. The molecule has 0 radical (unpaired) electrons. The molecule has 3 saturated carbocycles. The third kappa shape index (κ3) is 0.360. The molecule has 3 aliphatic rings. The Balaban J connectivity index is 1.72. The Morgan fingerprint density at radius 2 is 1.90 bits per heavy atom. The van der Waals surface area contributed by atoms with Crippen molar-refractivity contribution in [1.29, 1.82) is 0 Å². The fourth-order valence-corrected chi connectivity index (χ4v) is 3.00. The quantitative estimate of drug-likeness (QED) is 0.534. The molecular weight excluding hydrogens is 128 g/mol. The van der Waals surface area contributed by atoms with Crippen LogP contribution < -0.4 is 0 Å². The SMILES string of the molecule is O=COC1CC23CC2(C1)C3. The average Bonchev–Trinajstić information content (AvgIpc) is 2.51. The van der Waals surface area contributed by atoms with Crippen LogP contribution in [0.25, 0.3) is 0 Å². The van der Waals surface area contributed by atoms with Crippen molar-refractivity contribution in [3.05, 3.63) is 0 Å². The molecule has 3 aliphatic carbocycles. The van der Waals surface area contributed by atoms with E-state index in [1.54, 1.807) is 0 Å². The molecular formula is C8H10O2. The number of rotatable bonds is 2. The molecule has 3 fully saturated rings. The molecule has 0 saturated heterocycles. The fraction of sp³-hybridized carbons (Fsp3) is 0.875. The van der Waals surface area contributed by atoms with Crippen LogP contribution in [0.15, 0.2) is 0 Å². The molecule has 0 heterocycles. The van der Waals surface area contributed by atoms with Gasteiger partial charge in [-0.1, -0.05) is 0 Å². The van der Waals surface area contributed by atoms with Crippen LogP contribution in [0.5, 0.6) is 0 Å². The fourth-order valence-electron chi connectivity index (χ4n) is 3.00. The predicted molar refractivity (Wildman–Crippen MR) is 34.3 cm³/mol. The zero-order valence-corrected chi connectivity index (χ0v) is 5.80. The molecule has 0 aromatic rings. The molecule has 0 aliphatic heterocycles. The summed E-state index contributed by atoms with van der Waals surface area (Å²) in [6.07, 6.45) is 5.45. The number of hydrogen-bond donors (Lipinski definition) is 0. The first kappa shape index (κ1) is 5.16. The Hall–Kier alpha value is -0.530. The van der Waals surface area contributed by atoms with Gasteiger partial charge in [0.25, 0.3) is 6.47 Å². The number of hydrogen-bond acceptors (Lipinski definition) is 2. The van der Waals surface area contributed by atoms with E-state index in [2.05, 4.69) is 0 Å². The van der Waals surface area contributed by atoms with E-state index in [0.29, 0.717) is 17.3 Å². The van der Waals surface area contributed by atoms with Crippen molar-refractivity contribution in [3.8, 4) is 0 Å². The van der Waals surface area contributed by atoms with Gasteiger partial charge in [0.15, 0.2) is 0 Å². The lowest BCUT2D eigenvalue weighted by molar-refractivity contribution is -0.134. The average molecular weight is 138 g/mol. The van der Waals surface area contributed by atoms with Gasteiger partial charge in [-0.15, -0.1) is 0 Å². The largest absolute Gasteiger partial charge is 0.465 e. The van der Waals surface area contributed by atoms with Crippen LogP contribution >= 0.6 is 0 Å². The van der Waals surface area contributed by atoms with Gasteiger partial charge in [0.1, 0.15) is 6.10 Å². The van der Waals surface area contributed by atoms with Gasteiger partial charge in [-0.05, 0) is 36.5 Å². The van der Waals surface area contributed by atoms with Gasteiger partial charge in [-0.2, -0.15) is 0 Å². The van der Waals surface area contributed by atoms with Gasteiger partial charge in [-0.3, -0.25) is 4.79 Å². The zero-order valence-electron chi connectivity index (χ0n) is 5.80. The minimum absolute atomic E-state index is 0.278. The second-order valence-corrected chi connectivity index (χ2v) is 4.18. The zero-order chi connectivity index (χ0) is 6.82. The molecule has 10 heavy (non-hydrogen) atoms. The van der Waals surface area contributed by atoms with Crippen molar-refractivity contribution in [2.75, 3.05) is 0 Å². The molecule has 2 nitrogen and oxygen atoms in total. The summed E-state index contributed by atoms with van der Waals surface area (Å²) in [7, 11) is 0. The lowest BCUT2D eigenvalue weighted by Crippen LogP contribution is -2.15. The third-order valence-corrected chi connectivity index (χ3v) is 3.71. The van der Waals surface area contributed by atoms with Crippen molar-refractivity contribution in [1.82, 2.24) is 0 Å². The van der Waals surface area contributed by atoms with E-state index >= 15 is 0 Å². The van der Waals surface area contributed by atoms with Crippen molar-refractivity contribution < 1.29 is 9.53 Å². The van der Waals surface area contributed by atoms with Crippen LogP contribution in [-0.4, -0.2) is 12.6 Å². The van der Waals surface area contributed by atoms with E-state index in [0.717, 1.165) is 12.8 Å². The first-order chi connectivity index (χ1) is 4.80. The lowest BCUT2D eigenvalue weighted by Gasteiger charge is -2.16. The van der Waals surface area contributed by atoms with E-state index in [4.69, 9.17) is 4.74 Å². The third-order valence-electron chi connectivity index (χ3n) is 3.71. The van der Waals surface area contributed by atoms with Gasteiger partial charge >= 0.3 is 0 Å². The molecule has 0 spiro atoms. The second kappa shape index (κ2) is 1.13. The van der Waals surface area contributed by atoms with Gasteiger partial charge < -0.3 is 4.74 Å². The van der Waals surface area contributed by atoms with Crippen LogP contribution in [0.1, 0.15) is 25.7 Å². The van der Waals surface area contributed by atoms with E-state index in [1.165, 1.54) is 12.8 Å². The molecule has 3 rings (SSSR count). The van der Waals surface area contributed by atoms with Crippen molar-refractivity contribution in [3.63, 3.8) is 0 Å². The minimum Gasteiger partial charge on any atom is -0.465 e. The van der Waals surface area contributed by atoms with Gasteiger partial charge in [-0.25, -0.2) is 0 Å². The highest BCUT2D eigenvalue weighted by Gasteiger charge is 2.86. The highest BCUT2D eigenvalue weighted by Crippen LogP contribution is 2.93.